The van der Waals surface area contributed by atoms with E-state index >= 15 is 0 Å². The van der Waals surface area contributed by atoms with Gasteiger partial charge in [-0.25, -0.2) is 8.78 Å². The van der Waals surface area contributed by atoms with E-state index in [1.807, 2.05) is 0 Å². The van der Waals surface area contributed by atoms with Crippen molar-refractivity contribution in [2.45, 2.75) is 37.2 Å². The largest absolute Gasteiger partial charge is 0.378 e. The molecule has 1 aliphatic heterocycles. The van der Waals surface area contributed by atoms with Crippen LogP contribution in [0, 0.1) is 11.6 Å². The lowest BCUT2D eigenvalue weighted by atomic mass is 10.0. The van der Waals surface area contributed by atoms with Gasteiger partial charge in [-0.2, -0.15) is 0 Å². The number of rotatable bonds is 4. The van der Waals surface area contributed by atoms with E-state index in [4.69, 9.17) is 16.3 Å². The van der Waals surface area contributed by atoms with Crippen LogP contribution in [0.1, 0.15) is 36.6 Å². The van der Waals surface area contributed by atoms with Crippen LogP contribution in [0.4, 0.5) is 8.78 Å². The molecule has 0 spiro atoms. The summed E-state index contributed by atoms with van der Waals surface area (Å²) in [5, 5.41) is -0.491. The monoisotopic (exact) mass is 260 g/mol. The average Bonchev–Trinajstić information content (AvgIpc) is 2.82. The van der Waals surface area contributed by atoms with Crippen LogP contribution >= 0.6 is 11.6 Å². The van der Waals surface area contributed by atoms with Crippen molar-refractivity contribution in [1.29, 1.82) is 0 Å². The van der Waals surface area contributed by atoms with Crippen molar-refractivity contribution in [2.24, 2.45) is 0 Å². The summed E-state index contributed by atoms with van der Waals surface area (Å²) in [6.07, 6.45) is 3.74. The van der Waals surface area contributed by atoms with Crippen molar-refractivity contribution in [3.63, 3.8) is 0 Å². The smallest absolute Gasteiger partial charge is 0.128 e. The van der Waals surface area contributed by atoms with Gasteiger partial charge in [0, 0.05) is 12.2 Å². The number of hydrogen-bond acceptors (Lipinski definition) is 1. The topological polar surface area (TPSA) is 9.23 Å². The van der Waals surface area contributed by atoms with Crippen LogP contribution in [-0.2, 0) is 4.74 Å². The van der Waals surface area contributed by atoms with Crippen LogP contribution < -0.4 is 0 Å². The van der Waals surface area contributed by atoms with Crippen LogP contribution in [0.25, 0.3) is 0 Å². The summed E-state index contributed by atoms with van der Waals surface area (Å²) >= 11 is 6.10. The average molecular weight is 261 g/mol. The second-order valence-corrected chi connectivity index (χ2v) is 4.87. The van der Waals surface area contributed by atoms with E-state index in [9.17, 15) is 8.78 Å². The van der Waals surface area contributed by atoms with Crippen molar-refractivity contribution >= 4 is 11.6 Å². The van der Waals surface area contributed by atoms with Crippen LogP contribution in [0.3, 0.4) is 0 Å². The second kappa shape index (κ2) is 5.78. The molecule has 1 saturated heterocycles. The number of halogens is 3. The van der Waals surface area contributed by atoms with Crippen LogP contribution in [-0.4, -0.2) is 12.7 Å². The third-order valence-corrected chi connectivity index (χ3v) is 3.51. The Hall–Kier alpha value is -0.670. The summed E-state index contributed by atoms with van der Waals surface area (Å²) in [4.78, 5) is 0. The number of benzene rings is 1. The van der Waals surface area contributed by atoms with Gasteiger partial charge in [-0.3, -0.25) is 0 Å². The molecular formula is C13H15ClF2O. The zero-order valence-electron chi connectivity index (χ0n) is 9.46. The quantitative estimate of drug-likeness (QED) is 0.737. The predicted octanol–water partition coefficient (Wildman–Crippen LogP) is 4.20. The number of hydrogen-bond donors (Lipinski definition) is 0. The molecule has 1 heterocycles. The SMILES string of the molecule is Fc1ccc(F)c(C(Cl)CCC2CCCO2)c1. The third-order valence-electron chi connectivity index (χ3n) is 3.06. The molecule has 1 fully saturated rings. The molecule has 2 atom stereocenters. The second-order valence-electron chi connectivity index (χ2n) is 4.35. The van der Waals surface area contributed by atoms with Crippen molar-refractivity contribution in [1.82, 2.24) is 0 Å². The van der Waals surface area contributed by atoms with E-state index in [1.165, 1.54) is 6.07 Å². The standard InChI is InChI=1S/C13H15ClF2O/c14-12(5-4-10-2-1-7-17-10)11-8-9(15)3-6-13(11)16/h3,6,8,10,12H,1-2,4-5,7H2. The highest BCUT2D eigenvalue weighted by Gasteiger charge is 2.19. The highest BCUT2D eigenvalue weighted by atomic mass is 35.5. The van der Waals surface area contributed by atoms with Crippen molar-refractivity contribution < 1.29 is 13.5 Å². The summed E-state index contributed by atoms with van der Waals surface area (Å²) < 4.78 is 31.9. The van der Waals surface area contributed by atoms with E-state index in [-0.39, 0.29) is 11.7 Å². The summed E-state index contributed by atoms with van der Waals surface area (Å²) in [5.41, 5.74) is 0.240. The molecule has 0 aliphatic carbocycles. The Morgan fingerprint density at radius 3 is 2.94 bits per heavy atom. The van der Waals surface area contributed by atoms with Gasteiger partial charge in [0.15, 0.2) is 0 Å². The highest BCUT2D eigenvalue weighted by Crippen LogP contribution is 2.30. The normalized spacial score (nSPS) is 21.7. The molecule has 0 saturated carbocycles. The van der Waals surface area contributed by atoms with E-state index < -0.39 is 17.0 Å². The molecular weight excluding hydrogens is 246 g/mol. The summed E-state index contributed by atoms with van der Waals surface area (Å²) in [5.74, 6) is -0.900. The molecule has 17 heavy (non-hydrogen) atoms. The van der Waals surface area contributed by atoms with Crippen molar-refractivity contribution in [2.75, 3.05) is 6.61 Å². The minimum Gasteiger partial charge on any atom is -0.378 e. The van der Waals surface area contributed by atoms with Gasteiger partial charge in [-0.1, -0.05) is 0 Å². The molecule has 0 amide bonds. The molecule has 0 aromatic heterocycles. The first-order valence-corrected chi connectivity index (χ1v) is 6.31. The molecule has 1 aliphatic rings. The lowest BCUT2D eigenvalue weighted by molar-refractivity contribution is 0.102. The Morgan fingerprint density at radius 1 is 1.41 bits per heavy atom. The first-order valence-electron chi connectivity index (χ1n) is 5.87. The minimum absolute atomic E-state index is 0.230. The fraction of sp³-hybridized carbons (Fsp3) is 0.538. The van der Waals surface area contributed by atoms with Gasteiger partial charge in [0.1, 0.15) is 11.6 Å². The highest BCUT2D eigenvalue weighted by molar-refractivity contribution is 6.20. The zero-order valence-corrected chi connectivity index (χ0v) is 10.2. The molecule has 0 bridgehead atoms. The number of ether oxygens (including phenoxy) is 1. The van der Waals surface area contributed by atoms with Gasteiger partial charge in [0.25, 0.3) is 0 Å². The van der Waals surface area contributed by atoms with Crippen molar-refractivity contribution in [3.05, 3.63) is 35.4 Å². The fourth-order valence-electron chi connectivity index (χ4n) is 2.11. The van der Waals surface area contributed by atoms with Gasteiger partial charge >= 0.3 is 0 Å². The maximum absolute atomic E-state index is 13.4. The lowest BCUT2D eigenvalue weighted by Gasteiger charge is -2.14. The lowest BCUT2D eigenvalue weighted by Crippen LogP contribution is -2.06. The number of alkyl halides is 1. The molecule has 4 heteroatoms. The van der Waals surface area contributed by atoms with E-state index in [0.29, 0.717) is 6.42 Å². The summed E-state index contributed by atoms with van der Waals surface area (Å²) in [7, 11) is 0. The molecule has 1 aromatic rings. The third kappa shape index (κ3) is 3.39. The van der Waals surface area contributed by atoms with E-state index in [2.05, 4.69) is 0 Å². The fourth-order valence-corrected chi connectivity index (χ4v) is 2.41. The Labute approximate surface area is 105 Å². The Morgan fingerprint density at radius 2 is 2.24 bits per heavy atom. The van der Waals surface area contributed by atoms with E-state index in [0.717, 1.165) is 38.0 Å². The zero-order chi connectivity index (χ0) is 12.3. The maximum Gasteiger partial charge on any atom is 0.128 e. The molecule has 0 N–H and O–H groups in total. The summed E-state index contributed by atoms with van der Waals surface area (Å²) in [6.45, 7) is 0.798. The van der Waals surface area contributed by atoms with Gasteiger partial charge in [-0.05, 0) is 43.9 Å². The molecule has 1 nitrogen and oxygen atoms in total. The van der Waals surface area contributed by atoms with Gasteiger partial charge in [0.05, 0.1) is 11.5 Å². The molecule has 0 radical (unpaired) electrons. The van der Waals surface area contributed by atoms with Crippen LogP contribution in [0.15, 0.2) is 18.2 Å². The first-order chi connectivity index (χ1) is 8.16. The summed E-state index contributed by atoms with van der Waals surface area (Å²) in [6, 6.07) is 3.39. The Bertz CT molecular complexity index is 378. The Kier molecular flexibility index (Phi) is 4.35. The minimum atomic E-state index is -0.491. The van der Waals surface area contributed by atoms with Crippen LogP contribution in [0.5, 0.6) is 0 Å². The van der Waals surface area contributed by atoms with Gasteiger partial charge in [0.2, 0.25) is 0 Å². The van der Waals surface area contributed by atoms with E-state index in [1.54, 1.807) is 0 Å². The maximum atomic E-state index is 13.4. The molecule has 94 valence electrons. The van der Waals surface area contributed by atoms with Crippen LogP contribution in [0.2, 0.25) is 0 Å². The molecule has 1 aromatic carbocycles. The van der Waals surface area contributed by atoms with Gasteiger partial charge in [-0.15, -0.1) is 11.6 Å². The molecule has 2 rings (SSSR count). The van der Waals surface area contributed by atoms with Gasteiger partial charge < -0.3 is 4.74 Å². The Balaban J connectivity index is 1.93. The predicted molar refractivity (Wildman–Crippen MR) is 63.2 cm³/mol. The molecule has 2 unspecified atom stereocenters. The van der Waals surface area contributed by atoms with Crippen molar-refractivity contribution in [3.8, 4) is 0 Å². The first kappa shape index (κ1) is 12.8.